The molecule has 0 amide bonds. The second kappa shape index (κ2) is 5.95. The van der Waals surface area contributed by atoms with E-state index in [1.54, 1.807) is 17.8 Å². The summed E-state index contributed by atoms with van der Waals surface area (Å²) in [6.07, 6.45) is 1.32. The van der Waals surface area contributed by atoms with Crippen LogP contribution in [0.4, 0.5) is 8.78 Å². The second-order valence-electron chi connectivity index (χ2n) is 5.56. The van der Waals surface area contributed by atoms with Crippen LogP contribution < -0.4 is 0 Å². The zero-order valence-corrected chi connectivity index (χ0v) is 12.8. The van der Waals surface area contributed by atoms with Crippen LogP contribution in [0, 0.1) is 11.6 Å². The molecule has 1 aliphatic heterocycles. The largest absolute Gasteiger partial charge is 0.392 e. The van der Waals surface area contributed by atoms with E-state index in [4.69, 9.17) is 11.6 Å². The van der Waals surface area contributed by atoms with Crippen molar-refractivity contribution in [2.75, 3.05) is 6.54 Å². The van der Waals surface area contributed by atoms with Crippen molar-refractivity contribution in [2.24, 2.45) is 7.05 Å². The number of halogens is 3. The van der Waals surface area contributed by atoms with Gasteiger partial charge in [0, 0.05) is 25.2 Å². The number of likely N-dealkylation sites (tertiary alicyclic amines) is 1. The number of aromatic nitrogens is 2. The standard InChI is InChI=1S/C15H16ClF2N3O/c1-20-14(16)6-19-15(20)8-21-7-10(22)5-13(21)11-4-9(17)2-3-12(11)18/h2-4,6,10,13,22H,5,7-8H2,1H3/t10-,13-/m1/s1. The highest BCUT2D eigenvalue weighted by Gasteiger charge is 2.34. The van der Waals surface area contributed by atoms with E-state index in [1.165, 1.54) is 6.07 Å². The molecule has 0 saturated carbocycles. The topological polar surface area (TPSA) is 41.3 Å². The van der Waals surface area contributed by atoms with Gasteiger partial charge in [-0.1, -0.05) is 11.6 Å². The van der Waals surface area contributed by atoms with Gasteiger partial charge in [0.1, 0.15) is 22.6 Å². The van der Waals surface area contributed by atoms with Crippen LogP contribution in [0.15, 0.2) is 24.4 Å². The number of aliphatic hydroxyl groups is 1. The van der Waals surface area contributed by atoms with Gasteiger partial charge in [0.15, 0.2) is 0 Å². The Kier molecular flexibility index (Phi) is 4.16. The summed E-state index contributed by atoms with van der Waals surface area (Å²) in [6.45, 7) is 0.784. The monoisotopic (exact) mass is 327 g/mol. The third-order valence-corrected chi connectivity index (χ3v) is 4.42. The fraction of sp³-hybridized carbons (Fsp3) is 0.400. The van der Waals surface area contributed by atoms with E-state index < -0.39 is 17.7 Å². The first-order valence-corrected chi connectivity index (χ1v) is 7.36. The molecule has 1 N–H and O–H groups in total. The fourth-order valence-corrected chi connectivity index (χ4v) is 3.05. The van der Waals surface area contributed by atoms with E-state index in [-0.39, 0.29) is 11.6 Å². The zero-order valence-electron chi connectivity index (χ0n) is 12.0. The minimum absolute atomic E-state index is 0.261. The Morgan fingerprint density at radius 2 is 2.18 bits per heavy atom. The molecule has 22 heavy (non-hydrogen) atoms. The number of hydrogen-bond acceptors (Lipinski definition) is 3. The highest BCUT2D eigenvalue weighted by Crippen LogP contribution is 2.35. The first-order valence-electron chi connectivity index (χ1n) is 6.99. The molecular formula is C15H16ClF2N3O. The molecule has 1 aromatic carbocycles. The van der Waals surface area contributed by atoms with Crippen molar-refractivity contribution in [3.8, 4) is 0 Å². The fourth-order valence-electron chi connectivity index (χ4n) is 2.90. The number of aliphatic hydroxyl groups excluding tert-OH is 1. The van der Waals surface area contributed by atoms with Crippen LogP contribution in [-0.2, 0) is 13.6 Å². The highest BCUT2D eigenvalue weighted by atomic mass is 35.5. The average molecular weight is 328 g/mol. The summed E-state index contributed by atoms with van der Waals surface area (Å²) in [5.74, 6) is -0.248. The lowest BCUT2D eigenvalue weighted by molar-refractivity contribution is 0.170. The second-order valence-corrected chi connectivity index (χ2v) is 5.94. The predicted molar refractivity (Wildman–Crippen MR) is 78.4 cm³/mol. The molecule has 0 bridgehead atoms. The molecule has 2 aromatic rings. The maximum Gasteiger partial charge on any atom is 0.128 e. The number of imidazole rings is 1. The molecule has 0 aliphatic carbocycles. The molecule has 0 unspecified atom stereocenters. The van der Waals surface area contributed by atoms with Gasteiger partial charge in [0.05, 0.1) is 18.8 Å². The maximum absolute atomic E-state index is 14.0. The Labute approximate surface area is 131 Å². The number of nitrogens with zero attached hydrogens (tertiary/aromatic N) is 3. The van der Waals surface area contributed by atoms with E-state index in [1.807, 2.05) is 4.90 Å². The lowest BCUT2D eigenvalue weighted by Gasteiger charge is -2.24. The number of benzene rings is 1. The van der Waals surface area contributed by atoms with Crippen LogP contribution in [0.1, 0.15) is 23.9 Å². The molecule has 0 spiro atoms. The summed E-state index contributed by atoms with van der Waals surface area (Å²) < 4.78 is 29.2. The van der Waals surface area contributed by atoms with Crippen LogP contribution in [0.3, 0.4) is 0 Å². The quantitative estimate of drug-likeness (QED) is 0.942. The molecule has 4 nitrogen and oxygen atoms in total. The molecule has 3 rings (SSSR count). The van der Waals surface area contributed by atoms with Crippen LogP contribution in [0.2, 0.25) is 5.15 Å². The molecule has 118 valence electrons. The molecule has 1 saturated heterocycles. The average Bonchev–Trinajstić information content (AvgIpc) is 2.99. The first-order chi connectivity index (χ1) is 10.5. The first kappa shape index (κ1) is 15.4. The van der Waals surface area contributed by atoms with Crippen molar-refractivity contribution in [3.63, 3.8) is 0 Å². The smallest absolute Gasteiger partial charge is 0.128 e. The molecule has 0 radical (unpaired) electrons. The van der Waals surface area contributed by atoms with Crippen LogP contribution in [-0.4, -0.2) is 32.2 Å². The molecule has 1 fully saturated rings. The summed E-state index contributed by atoms with van der Waals surface area (Å²) in [5.41, 5.74) is 0.261. The summed E-state index contributed by atoms with van der Waals surface area (Å²) in [4.78, 5) is 6.10. The Morgan fingerprint density at radius 1 is 1.41 bits per heavy atom. The predicted octanol–water partition coefficient (Wildman–Crippen LogP) is 2.66. The molecular weight excluding hydrogens is 312 g/mol. The molecule has 7 heteroatoms. The van der Waals surface area contributed by atoms with Gasteiger partial charge in [0.2, 0.25) is 0 Å². The van der Waals surface area contributed by atoms with Gasteiger partial charge in [-0.25, -0.2) is 13.8 Å². The van der Waals surface area contributed by atoms with Crippen molar-refractivity contribution < 1.29 is 13.9 Å². The van der Waals surface area contributed by atoms with E-state index in [9.17, 15) is 13.9 Å². The van der Waals surface area contributed by atoms with Crippen molar-refractivity contribution in [1.29, 1.82) is 0 Å². The van der Waals surface area contributed by atoms with Crippen molar-refractivity contribution in [1.82, 2.24) is 14.5 Å². The Morgan fingerprint density at radius 3 is 2.86 bits per heavy atom. The normalized spacial score (nSPS) is 22.4. The van der Waals surface area contributed by atoms with E-state index >= 15 is 0 Å². The molecule has 1 aromatic heterocycles. The van der Waals surface area contributed by atoms with Crippen molar-refractivity contribution in [2.45, 2.75) is 25.1 Å². The third-order valence-electron chi connectivity index (χ3n) is 4.07. The number of hydrogen-bond donors (Lipinski definition) is 1. The maximum atomic E-state index is 14.0. The van der Waals surface area contributed by atoms with Gasteiger partial charge in [0.25, 0.3) is 0 Å². The SMILES string of the molecule is Cn1c(Cl)cnc1CN1C[C@H](O)C[C@@H]1c1cc(F)ccc1F. The lowest BCUT2D eigenvalue weighted by atomic mass is 10.0. The minimum Gasteiger partial charge on any atom is -0.392 e. The van der Waals surface area contributed by atoms with Gasteiger partial charge >= 0.3 is 0 Å². The minimum atomic E-state index is -0.580. The van der Waals surface area contributed by atoms with Gasteiger partial charge in [-0.05, 0) is 24.6 Å². The summed E-state index contributed by atoms with van der Waals surface area (Å²) in [6, 6.07) is 3.01. The van der Waals surface area contributed by atoms with Gasteiger partial charge in [-0.3, -0.25) is 4.90 Å². The summed E-state index contributed by atoms with van der Waals surface area (Å²) in [5, 5.41) is 10.4. The highest BCUT2D eigenvalue weighted by molar-refractivity contribution is 6.29. The summed E-state index contributed by atoms with van der Waals surface area (Å²) in [7, 11) is 1.79. The van der Waals surface area contributed by atoms with Gasteiger partial charge in [-0.2, -0.15) is 0 Å². The van der Waals surface area contributed by atoms with Crippen molar-refractivity contribution in [3.05, 3.63) is 52.6 Å². The zero-order chi connectivity index (χ0) is 15.9. The molecule has 2 atom stereocenters. The van der Waals surface area contributed by atoms with E-state index in [0.717, 1.165) is 12.1 Å². The van der Waals surface area contributed by atoms with E-state index in [2.05, 4.69) is 4.98 Å². The summed E-state index contributed by atoms with van der Waals surface area (Å²) >= 11 is 5.97. The van der Waals surface area contributed by atoms with Crippen LogP contribution in [0.25, 0.3) is 0 Å². The molecule has 2 heterocycles. The number of rotatable bonds is 3. The van der Waals surface area contributed by atoms with Crippen LogP contribution in [0.5, 0.6) is 0 Å². The Balaban J connectivity index is 1.89. The van der Waals surface area contributed by atoms with Crippen LogP contribution >= 0.6 is 11.6 Å². The van der Waals surface area contributed by atoms with E-state index in [0.29, 0.717) is 30.5 Å². The molecule has 1 aliphatic rings. The van der Waals surface area contributed by atoms with Gasteiger partial charge < -0.3 is 9.67 Å². The van der Waals surface area contributed by atoms with Gasteiger partial charge in [-0.15, -0.1) is 0 Å². The van der Waals surface area contributed by atoms with Crippen molar-refractivity contribution >= 4 is 11.6 Å². The Bertz CT molecular complexity index is 691. The lowest BCUT2D eigenvalue weighted by Crippen LogP contribution is -2.26. The third kappa shape index (κ3) is 2.86. The Hall–Kier alpha value is -1.50. The number of β-amino-alcohol motifs (C(OH)–C–C–N with tert-alkyl or cyclic N) is 1.